The summed E-state index contributed by atoms with van der Waals surface area (Å²) in [7, 11) is -4.65. The van der Waals surface area contributed by atoms with Gasteiger partial charge in [0, 0.05) is 6.08 Å². The maximum atomic E-state index is 11.4. The van der Waals surface area contributed by atoms with E-state index >= 15 is 0 Å². The van der Waals surface area contributed by atoms with Crippen LogP contribution in [-0.4, -0.2) is 40.2 Å². The highest BCUT2D eigenvalue weighted by atomic mass is 31.2. The summed E-state index contributed by atoms with van der Waals surface area (Å²) in [6, 6.07) is 0. The number of hydrogen-bond donors (Lipinski definition) is 3. The molecule has 1 atom stereocenters. The van der Waals surface area contributed by atoms with Crippen molar-refractivity contribution < 1.29 is 33.5 Å². The lowest BCUT2D eigenvalue weighted by Gasteiger charge is -2.11. The molecule has 0 fully saturated rings. The highest BCUT2D eigenvalue weighted by Crippen LogP contribution is 2.35. The van der Waals surface area contributed by atoms with E-state index in [-0.39, 0.29) is 0 Å². The molecule has 0 amide bonds. The van der Waals surface area contributed by atoms with Gasteiger partial charge < -0.3 is 19.6 Å². The Balaban J connectivity index is 3.74. The number of phosphoric ester groups is 1. The van der Waals surface area contributed by atoms with Crippen LogP contribution in [0.4, 0.5) is 0 Å². The second-order valence-corrected chi connectivity index (χ2v) is 7.78. The van der Waals surface area contributed by atoms with Crippen LogP contribution in [0, 0.1) is 0 Å². The second kappa shape index (κ2) is 18.5. The first-order chi connectivity index (χ1) is 13.8. The molecule has 29 heavy (non-hydrogen) atoms. The lowest BCUT2D eigenvalue weighted by Crippen LogP contribution is -2.22. The quantitative estimate of drug-likeness (QED) is 0.103. The minimum Gasteiger partial charge on any atom is -0.460 e. The molecule has 166 valence electrons. The van der Waals surface area contributed by atoms with Crippen LogP contribution >= 0.6 is 7.82 Å². The first kappa shape index (κ1) is 27.5. The van der Waals surface area contributed by atoms with Gasteiger partial charge >= 0.3 is 13.8 Å². The highest BCUT2D eigenvalue weighted by molar-refractivity contribution is 7.46. The van der Waals surface area contributed by atoms with Crippen LogP contribution in [0.3, 0.4) is 0 Å². The Kier molecular flexibility index (Phi) is 17.6. The van der Waals surface area contributed by atoms with Crippen LogP contribution in [0.1, 0.15) is 58.3 Å². The Morgan fingerprint density at radius 1 is 0.897 bits per heavy atom. The third-order valence-corrected chi connectivity index (χ3v) is 4.24. The van der Waals surface area contributed by atoms with Gasteiger partial charge in [-0.15, -0.1) is 0 Å². The Hall–Kier alpha value is -1.50. The summed E-state index contributed by atoms with van der Waals surface area (Å²) < 4.78 is 19.3. The number of carbonyl (C=O) groups excluding carboxylic acids is 1. The molecule has 0 spiro atoms. The average Bonchev–Trinajstić information content (AvgIpc) is 2.67. The standard InChI is InChI=1S/C21H35O7P/c1-2-3-4-5-6-7-8-9-10-11-12-13-14-15-16-17-21(23)27-18-20(22)19-28-29(24,25)26/h10-17,20,22H,2-9,18-19H2,1H3,(H2,24,25,26)/b11-10+,13-12+,15-14+,17-16+. The number of rotatable bonds is 17. The fourth-order valence-corrected chi connectivity index (χ4v) is 2.61. The number of ether oxygens (including phenoxy) is 1. The predicted octanol–water partition coefficient (Wildman–Crippen LogP) is 4.37. The van der Waals surface area contributed by atoms with E-state index in [0.717, 1.165) is 6.42 Å². The Morgan fingerprint density at radius 3 is 2.14 bits per heavy atom. The zero-order valence-electron chi connectivity index (χ0n) is 17.2. The molecule has 0 aromatic heterocycles. The van der Waals surface area contributed by atoms with Crippen molar-refractivity contribution >= 4 is 13.8 Å². The number of phosphoric acid groups is 1. The Bertz CT molecular complexity index is 576. The fraction of sp³-hybridized carbons (Fsp3) is 0.571. The minimum atomic E-state index is -4.65. The van der Waals surface area contributed by atoms with Gasteiger partial charge in [-0.2, -0.15) is 0 Å². The molecule has 3 N–H and O–H groups in total. The summed E-state index contributed by atoms with van der Waals surface area (Å²) in [6.45, 7) is 1.18. The van der Waals surface area contributed by atoms with Crippen LogP contribution < -0.4 is 0 Å². The van der Waals surface area contributed by atoms with E-state index in [9.17, 15) is 14.5 Å². The van der Waals surface area contributed by atoms with E-state index < -0.39 is 33.1 Å². The third kappa shape index (κ3) is 22.7. The first-order valence-corrected chi connectivity index (χ1v) is 11.6. The van der Waals surface area contributed by atoms with Gasteiger partial charge in [-0.1, -0.05) is 88.0 Å². The Morgan fingerprint density at radius 2 is 1.48 bits per heavy atom. The van der Waals surface area contributed by atoms with Gasteiger partial charge in [0.1, 0.15) is 12.7 Å². The number of aliphatic hydroxyl groups excluding tert-OH is 1. The summed E-state index contributed by atoms with van der Waals surface area (Å²) in [5.74, 6) is -0.677. The van der Waals surface area contributed by atoms with E-state index in [1.165, 1.54) is 57.1 Å². The molecule has 0 aliphatic heterocycles. The summed E-state index contributed by atoms with van der Waals surface area (Å²) in [6.07, 6.45) is 22.9. The van der Waals surface area contributed by atoms with Gasteiger partial charge in [-0.05, 0) is 12.8 Å². The number of carbonyl (C=O) groups is 1. The summed E-state index contributed by atoms with van der Waals surface area (Å²) in [5.41, 5.74) is 0. The van der Waals surface area contributed by atoms with Crippen molar-refractivity contribution in [2.45, 2.75) is 64.4 Å². The van der Waals surface area contributed by atoms with Crippen molar-refractivity contribution in [2.24, 2.45) is 0 Å². The number of allylic oxidation sites excluding steroid dienone is 7. The van der Waals surface area contributed by atoms with Crippen LogP contribution in [0.5, 0.6) is 0 Å². The van der Waals surface area contributed by atoms with Crippen LogP contribution in [0.15, 0.2) is 48.6 Å². The predicted molar refractivity (Wildman–Crippen MR) is 114 cm³/mol. The van der Waals surface area contributed by atoms with Crippen molar-refractivity contribution in [3.63, 3.8) is 0 Å². The topological polar surface area (TPSA) is 113 Å². The summed E-state index contributed by atoms with van der Waals surface area (Å²) in [5, 5.41) is 9.37. The monoisotopic (exact) mass is 430 g/mol. The molecular formula is C21H35O7P. The zero-order valence-corrected chi connectivity index (χ0v) is 18.1. The van der Waals surface area contributed by atoms with E-state index in [0.29, 0.717) is 0 Å². The summed E-state index contributed by atoms with van der Waals surface area (Å²) in [4.78, 5) is 28.4. The van der Waals surface area contributed by atoms with E-state index in [1.807, 2.05) is 18.2 Å². The largest absolute Gasteiger partial charge is 0.469 e. The van der Waals surface area contributed by atoms with Gasteiger partial charge in [0.2, 0.25) is 0 Å². The van der Waals surface area contributed by atoms with E-state index in [2.05, 4.69) is 17.5 Å². The molecule has 0 aromatic rings. The maximum absolute atomic E-state index is 11.4. The molecule has 7 nitrogen and oxygen atoms in total. The molecule has 0 aliphatic rings. The highest BCUT2D eigenvalue weighted by Gasteiger charge is 2.17. The SMILES string of the molecule is CCCCCCCCC/C=C/C=C/C=C/C=C/C(=O)OCC(O)COP(=O)(O)O. The third-order valence-electron chi connectivity index (χ3n) is 3.75. The molecule has 0 rings (SSSR count). The molecule has 0 saturated heterocycles. The fourth-order valence-electron chi connectivity index (χ4n) is 2.24. The summed E-state index contributed by atoms with van der Waals surface area (Å²) >= 11 is 0. The number of unbranched alkanes of at least 4 members (excludes halogenated alkanes) is 7. The second-order valence-electron chi connectivity index (χ2n) is 6.54. The normalized spacial score (nSPS) is 13.9. The molecular weight excluding hydrogens is 395 g/mol. The lowest BCUT2D eigenvalue weighted by atomic mass is 10.1. The molecule has 0 saturated carbocycles. The maximum Gasteiger partial charge on any atom is 0.469 e. The molecule has 0 radical (unpaired) electrons. The molecule has 0 heterocycles. The van der Waals surface area contributed by atoms with E-state index in [4.69, 9.17) is 14.5 Å². The zero-order chi connectivity index (χ0) is 21.8. The minimum absolute atomic E-state index is 0.420. The van der Waals surface area contributed by atoms with Crippen molar-refractivity contribution in [1.82, 2.24) is 0 Å². The van der Waals surface area contributed by atoms with Gasteiger partial charge in [0.15, 0.2) is 0 Å². The number of aliphatic hydroxyl groups is 1. The van der Waals surface area contributed by atoms with Gasteiger partial charge in [-0.3, -0.25) is 4.52 Å². The van der Waals surface area contributed by atoms with Crippen molar-refractivity contribution in [3.05, 3.63) is 48.6 Å². The van der Waals surface area contributed by atoms with Crippen molar-refractivity contribution in [1.29, 1.82) is 0 Å². The van der Waals surface area contributed by atoms with Gasteiger partial charge in [0.05, 0.1) is 6.61 Å². The molecule has 0 bridgehead atoms. The molecule has 8 heteroatoms. The van der Waals surface area contributed by atoms with Gasteiger partial charge in [-0.25, -0.2) is 9.36 Å². The smallest absolute Gasteiger partial charge is 0.460 e. The number of esters is 1. The number of hydrogen-bond acceptors (Lipinski definition) is 5. The van der Waals surface area contributed by atoms with Crippen LogP contribution in [-0.2, 0) is 18.6 Å². The van der Waals surface area contributed by atoms with Crippen LogP contribution in [0.2, 0.25) is 0 Å². The Labute approximate surface area is 174 Å². The van der Waals surface area contributed by atoms with Crippen molar-refractivity contribution in [3.8, 4) is 0 Å². The van der Waals surface area contributed by atoms with Gasteiger partial charge in [0.25, 0.3) is 0 Å². The van der Waals surface area contributed by atoms with E-state index in [1.54, 1.807) is 12.2 Å². The van der Waals surface area contributed by atoms with Crippen LogP contribution in [0.25, 0.3) is 0 Å². The molecule has 0 aromatic carbocycles. The van der Waals surface area contributed by atoms with Crippen molar-refractivity contribution in [2.75, 3.05) is 13.2 Å². The molecule has 1 unspecified atom stereocenters. The average molecular weight is 430 g/mol. The lowest BCUT2D eigenvalue weighted by molar-refractivity contribution is -0.141. The molecule has 0 aliphatic carbocycles. The first-order valence-electron chi connectivity index (χ1n) is 10.1.